The molecule has 0 aliphatic carbocycles. The van der Waals surface area contributed by atoms with Crippen molar-refractivity contribution in [2.75, 3.05) is 6.61 Å². The summed E-state index contributed by atoms with van der Waals surface area (Å²) < 4.78 is 4.52. The molecule has 0 radical (unpaired) electrons. The SMILES string of the molecule is O=C1[C@H](O)C(O)O[C@H](CO)[C@H]1O. The Morgan fingerprint density at radius 3 is 2.33 bits per heavy atom. The molecule has 1 fully saturated rings. The molecule has 4 N–H and O–H groups in total. The van der Waals surface area contributed by atoms with E-state index in [1.54, 1.807) is 0 Å². The van der Waals surface area contributed by atoms with Crippen LogP contribution in [0.15, 0.2) is 0 Å². The van der Waals surface area contributed by atoms with Gasteiger partial charge >= 0.3 is 0 Å². The standard InChI is InChI=1S/C6H10O6/c7-1-2-3(8)4(9)5(10)6(11)12-2/h2-3,5-8,10-11H,1H2/t2-,3-,5+,6?/m1/s1. The third-order valence-electron chi connectivity index (χ3n) is 1.70. The summed E-state index contributed by atoms with van der Waals surface area (Å²) in [5.41, 5.74) is 0. The molecule has 0 bridgehead atoms. The van der Waals surface area contributed by atoms with Crippen molar-refractivity contribution < 1.29 is 30.0 Å². The number of carbonyl (C=O) groups is 1. The van der Waals surface area contributed by atoms with Crippen LogP contribution >= 0.6 is 0 Å². The first-order valence-electron chi connectivity index (χ1n) is 3.42. The van der Waals surface area contributed by atoms with Crippen LogP contribution in [0, 0.1) is 0 Å². The largest absolute Gasteiger partial charge is 0.394 e. The predicted molar refractivity (Wildman–Crippen MR) is 35.0 cm³/mol. The summed E-state index contributed by atoms with van der Waals surface area (Å²) in [7, 11) is 0. The van der Waals surface area contributed by atoms with Gasteiger partial charge in [0.05, 0.1) is 6.61 Å². The molecule has 0 amide bonds. The van der Waals surface area contributed by atoms with Gasteiger partial charge in [0.25, 0.3) is 0 Å². The smallest absolute Gasteiger partial charge is 0.197 e. The van der Waals surface area contributed by atoms with Crippen molar-refractivity contribution in [1.29, 1.82) is 0 Å². The first-order valence-corrected chi connectivity index (χ1v) is 3.42. The maximum absolute atomic E-state index is 10.9. The molecule has 6 heteroatoms. The van der Waals surface area contributed by atoms with E-state index in [1.807, 2.05) is 0 Å². The van der Waals surface area contributed by atoms with Gasteiger partial charge in [0.2, 0.25) is 0 Å². The number of rotatable bonds is 1. The average molecular weight is 178 g/mol. The molecule has 4 atom stereocenters. The van der Waals surface area contributed by atoms with Crippen molar-refractivity contribution in [3.63, 3.8) is 0 Å². The van der Waals surface area contributed by atoms with Gasteiger partial charge < -0.3 is 25.2 Å². The first kappa shape index (κ1) is 9.56. The normalized spacial score (nSPS) is 43.2. The molecule has 1 aliphatic heterocycles. The first-order chi connectivity index (χ1) is 5.57. The van der Waals surface area contributed by atoms with Crippen LogP contribution in [0.3, 0.4) is 0 Å². The van der Waals surface area contributed by atoms with E-state index in [9.17, 15) is 4.79 Å². The van der Waals surface area contributed by atoms with Crippen LogP contribution in [0.5, 0.6) is 0 Å². The van der Waals surface area contributed by atoms with E-state index in [-0.39, 0.29) is 0 Å². The zero-order valence-electron chi connectivity index (χ0n) is 6.12. The molecule has 6 nitrogen and oxygen atoms in total. The summed E-state index contributed by atoms with van der Waals surface area (Å²) in [4.78, 5) is 10.9. The maximum Gasteiger partial charge on any atom is 0.197 e. The number of hydrogen-bond acceptors (Lipinski definition) is 6. The van der Waals surface area contributed by atoms with E-state index in [0.29, 0.717) is 0 Å². The molecule has 0 saturated carbocycles. The van der Waals surface area contributed by atoms with E-state index in [4.69, 9.17) is 20.4 Å². The third kappa shape index (κ3) is 1.47. The number of ketones is 1. The summed E-state index contributed by atoms with van der Waals surface area (Å²) in [5.74, 6) is -0.937. The minimum Gasteiger partial charge on any atom is -0.394 e. The number of carbonyl (C=O) groups excluding carboxylic acids is 1. The Kier molecular flexibility index (Phi) is 2.76. The van der Waals surface area contributed by atoms with Gasteiger partial charge in [-0.25, -0.2) is 0 Å². The van der Waals surface area contributed by atoms with Gasteiger partial charge in [0, 0.05) is 0 Å². The Morgan fingerprint density at radius 1 is 1.25 bits per heavy atom. The van der Waals surface area contributed by atoms with Crippen LogP contribution in [0.2, 0.25) is 0 Å². The lowest BCUT2D eigenvalue weighted by Gasteiger charge is -2.32. The van der Waals surface area contributed by atoms with Crippen LogP contribution in [0.4, 0.5) is 0 Å². The fraction of sp³-hybridized carbons (Fsp3) is 0.833. The minimum absolute atomic E-state index is 0.587. The van der Waals surface area contributed by atoms with Crippen molar-refractivity contribution in [2.45, 2.75) is 24.6 Å². The number of aliphatic hydroxyl groups is 4. The van der Waals surface area contributed by atoms with Crippen molar-refractivity contribution in [3.05, 3.63) is 0 Å². The number of ether oxygens (including phenoxy) is 1. The van der Waals surface area contributed by atoms with Gasteiger partial charge in [-0.05, 0) is 0 Å². The second-order valence-electron chi connectivity index (χ2n) is 2.54. The van der Waals surface area contributed by atoms with E-state index in [1.165, 1.54) is 0 Å². The highest BCUT2D eigenvalue weighted by molar-refractivity contribution is 5.88. The maximum atomic E-state index is 10.9. The average Bonchev–Trinajstić information content (AvgIpc) is 2.08. The summed E-state index contributed by atoms with van der Waals surface area (Å²) in [6.45, 7) is -0.587. The zero-order chi connectivity index (χ0) is 9.30. The number of aliphatic hydroxyl groups excluding tert-OH is 4. The molecule has 0 aromatic heterocycles. The van der Waals surface area contributed by atoms with Crippen LogP contribution in [0.25, 0.3) is 0 Å². The molecule has 1 heterocycles. The van der Waals surface area contributed by atoms with Crippen molar-refractivity contribution in [2.24, 2.45) is 0 Å². The zero-order valence-corrected chi connectivity index (χ0v) is 6.12. The highest BCUT2D eigenvalue weighted by Crippen LogP contribution is 2.15. The summed E-state index contributed by atoms with van der Waals surface area (Å²) >= 11 is 0. The monoisotopic (exact) mass is 178 g/mol. The molecular formula is C6H10O6. The highest BCUT2D eigenvalue weighted by atomic mass is 16.6. The molecule has 1 unspecified atom stereocenters. The second kappa shape index (κ2) is 3.46. The minimum atomic E-state index is -1.73. The summed E-state index contributed by atoms with van der Waals surface area (Å²) in [6, 6.07) is 0. The lowest BCUT2D eigenvalue weighted by atomic mass is 10.0. The fourth-order valence-electron chi connectivity index (χ4n) is 0.969. The fourth-order valence-corrected chi connectivity index (χ4v) is 0.969. The van der Waals surface area contributed by atoms with Gasteiger partial charge in [-0.2, -0.15) is 0 Å². The highest BCUT2D eigenvalue weighted by Gasteiger charge is 2.42. The lowest BCUT2D eigenvalue weighted by Crippen LogP contribution is -2.55. The van der Waals surface area contributed by atoms with Gasteiger partial charge in [-0.3, -0.25) is 4.79 Å². The Labute approximate surface area is 68.0 Å². The number of hydrogen-bond donors (Lipinski definition) is 4. The Bertz CT molecular complexity index is 181. The molecule has 0 aromatic carbocycles. The van der Waals surface area contributed by atoms with E-state index >= 15 is 0 Å². The van der Waals surface area contributed by atoms with Gasteiger partial charge in [-0.15, -0.1) is 0 Å². The van der Waals surface area contributed by atoms with Crippen LogP contribution < -0.4 is 0 Å². The van der Waals surface area contributed by atoms with Gasteiger partial charge in [0.15, 0.2) is 18.2 Å². The molecule has 70 valence electrons. The third-order valence-corrected chi connectivity index (χ3v) is 1.70. The van der Waals surface area contributed by atoms with Crippen LogP contribution in [0.1, 0.15) is 0 Å². The van der Waals surface area contributed by atoms with E-state index < -0.39 is 37.0 Å². The molecule has 0 aromatic rings. The van der Waals surface area contributed by atoms with Crippen molar-refractivity contribution >= 4 is 5.78 Å². The Morgan fingerprint density at radius 2 is 1.83 bits per heavy atom. The number of Topliss-reactive ketones (excluding diaryl/α,β-unsaturated/α-hetero) is 1. The second-order valence-corrected chi connectivity index (χ2v) is 2.54. The molecule has 1 rings (SSSR count). The topological polar surface area (TPSA) is 107 Å². The molecule has 0 spiro atoms. The van der Waals surface area contributed by atoms with Crippen molar-refractivity contribution in [1.82, 2.24) is 0 Å². The molecular weight excluding hydrogens is 168 g/mol. The summed E-state index contributed by atoms with van der Waals surface area (Å²) in [6.07, 6.45) is -6.13. The Balaban J connectivity index is 2.70. The summed E-state index contributed by atoms with van der Waals surface area (Å²) in [5, 5.41) is 35.3. The molecule has 1 aliphatic rings. The lowest BCUT2D eigenvalue weighted by molar-refractivity contribution is -0.238. The molecule has 1 saturated heterocycles. The quantitative estimate of drug-likeness (QED) is 0.340. The Hall–Kier alpha value is -0.530. The van der Waals surface area contributed by atoms with Crippen LogP contribution in [-0.2, 0) is 9.53 Å². The van der Waals surface area contributed by atoms with Crippen molar-refractivity contribution in [3.8, 4) is 0 Å². The van der Waals surface area contributed by atoms with E-state index in [0.717, 1.165) is 0 Å². The van der Waals surface area contributed by atoms with Gasteiger partial charge in [-0.1, -0.05) is 0 Å². The van der Waals surface area contributed by atoms with E-state index in [2.05, 4.69) is 4.74 Å². The van der Waals surface area contributed by atoms with Gasteiger partial charge in [0.1, 0.15) is 12.2 Å². The molecule has 12 heavy (non-hydrogen) atoms. The predicted octanol–water partition coefficient (Wildman–Crippen LogP) is -3.01. The van der Waals surface area contributed by atoms with Crippen LogP contribution in [-0.4, -0.2) is 57.4 Å².